The van der Waals surface area contributed by atoms with E-state index in [0.29, 0.717) is 0 Å². The van der Waals surface area contributed by atoms with Crippen molar-refractivity contribution >= 4 is 17.9 Å². The predicted octanol–water partition coefficient (Wildman–Crippen LogP) is 5.18. The van der Waals surface area contributed by atoms with Crippen LogP contribution in [0.2, 0.25) is 0 Å². The predicted molar refractivity (Wildman–Crippen MR) is 150 cm³/mol. The Morgan fingerprint density at radius 2 is 0.950 bits per heavy atom. The topological polar surface area (TPSA) is 82.1 Å². The van der Waals surface area contributed by atoms with Gasteiger partial charge in [0, 0.05) is 5.92 Å². The number of rotatable bonds is 9. The van der Waals surface area contributed by atoms with Crippen LogP contribution in [0.15, 0.2) is 91.0 Å². The number of ether oxygens (including phenoxy) is 3. The fourth-order valence-corrected chi connectivity index (χ4v) is 5.44. The van der Waals surface area contributed by atoms with Crippen molar-refractivity contribution in [1.29, 1.82) is 0 Å². The van der Waals surface area contributed by atoms with E-state index in [1.807, 2.05) is 112 Å². The van der Waals surface area contributed by atoms with Crippen LogP contribution in [0.3, 0.4) is 0 Å². The molecule has 0 aromatic heterocycles. The molecule has 1 fully saturated rings. The molecule has 0 spiro atoms. The summed E-state index contributed by atoms with van der Waals surface area (Å²) < 4.78 is 17.2. The Morgan fingerprint density at radius 1 is 0.600 bits per heavy atom. The largest absolute Gasteiger partial charge is 0.461 e. The lowest BCUT2D eigenvalue weighted by Crippen LogP contribution is -2.46. The van der Waals surface area contributed by atoms with Crippen molar-refractivity contribution in [1.82, 2.24) is 4.90 Å². The summed E-state index contributed by atoms with van der Waals surface area (Å²) in [5.41, 5.74) is 1.96. The summed E-state index contributed by atoms with van der Waals surface area (Å²) in [7, 11) is 1.67. The van der Waals surface area contributed by atoms with E-state index in [1.54, 1.807) is 11.9 Å². The molecule has 0 amide bonds. The minimum Gasteiger partial charge on any atom is -0.461 e. The van der Waals surface area contributed by atoms with E-state index in [2.05, 4.69) is 0 Å². The number of carbonyl (C=O) groups excluding carboxylic acids is 3. The van der Waals surface area contributed by atoms with Crippen molar-refractivity contribution < 1.29 is 28.6 Å². The van der Waals surface area contributed by atoms with E-state index in [4.69, 9.17) is 14.2 Å². The van der Waals surface area contributed by atoms with Gasteiger partial charge in [-0.2, -0.15) is 0 Å². The molecule has 0 saturated carbocycles. The second kappa shape index (κ2) is 12.9. The number of likely N-dealkylation sites (tertiary alicyclic amines) is 1. The van der Waals surface area contributed by atoms with Gasteiger partial charge < -0.3 is 14.2 Å². The first-order valence-electron chi connectivity index (χ1n) is 13.5. The quantitative estimate of drug-likeness (QED) is 0.272. The highest BCUT2D eigenvalue weighted by Gasteiger charge is 2.61. The number of hydrogen-bond donors (Lipinski definition) is 0. The van der Waals surface area contributed by atoms with Gasteiger partial charge in [-0.1, -0.05) is 112 Å². The van der Waals surface area contributed by atoms with E-state index in [-0.39, 0.29) is 19.8 Å². The third-order valence-electron chi connectivity index (χ3n) is 7.37. The summed E-state index contributed by atoms with van der Waals surface area (Å²) in [6.45, 7) is 6.08. The maximum absolute atomic E-state index is 13.7. The highest BCUT2D eigenvalue weighted by Crippen LogP contribution is 2.46. The van der Waals surface area contributed by atoms with Crippen LogP contribution in [-0.4, -0.2) is 41.9 Å². The normalized spacial score (nSPS) is 21.0. The summed E-state index contributed by atoms with van der Waals surface area (Å²) in [5, 5.41) is 0. The average Bonchev–Trinajstić information content (AvgIpc) is 3.28. The number of nitrogens with zero attached hydrogens (tertiary/aromatic N) is 1. The van der Waals surface area contributed by atoms with Crippen LogP contribution in [0.4, 0.5) is 0 Å². The van der Waals surface area contributed by atoms with Crippen LogP contribution in [-0.2, 0) is 48.4 Å². The van der Waals surface area contributed by atoms with Gasteiger partial charge >= 0.3 is 17.9 Å². The summed E-state index contributed by atoms with van der Waals surface area (Å²) >= 11 is 0. The van der Waals surface area contributed by atoms with E-state index < -0.39 is 47.2 Å². The SMILES string of the molecule is CN1C(C(=O)OCc2ccccc2)C(C(=O)OCc2ccccc2)C(C(C)(C)C)C1C(=O)OCc1ccccc1. The van der Waals surface area contributed by atoms with Gasteiger partial charge in [0.15, 0.2) is 0 Å². The van der Waals surface area contributed by atoms with Crippen molar-refractivity contribution in [3.63, 3.8) is 0 Å². The van der Waals surface area contributed by atoms with Gasteiger partial charge in [-0.15, -0.1) is 0 Å². The van der Waals surface area contributed by atoms with Gasteiger partial charge in [0.2, 0.25) is 0 Å². The lowest BCUT2D eigenvalue weighted by molar-refractivity contribution is -0.162. The van der Waals surface area contributed by atoms with Gasteiger partial charge in [-0.3, -0.25) is 19.3 Å². The Balaban J connectivity index is 1.61. The molecule has 0 aliphatic carbocycles. The molecule has 1 saturated heterocycles. The molecule has 1 aliphatic heterocycles. The molecule has 0 radical (unpaired) electrons. The highest BCUT2D eigenvalue weighted by molar-refractivity contribution is 5.89. The lowest BCUT2D eigenvalue weighted by atomic mass is 9.70. The van der Waals surface area contributed by atoms with Crippen molar-refractivity contribution in [2.75, 3.05) is 7.05 Å². The molecule has 3 aromatic carbocycles. The maximum atomic E-state index is 13.7. The first kappa shape index (κ1) is 29.0. The lowest BCUT2D eigenvalue weighted by Gasteiger charge is -2.34. The van der Waals surface area contributed by atoms with Gasteiger partial charge in [0.05, 0.1) is 5.92 Å². The second-order valence-electron chi connectivity index (χ2n) is 11.3. The second-order valence-corrected chi connectivity index (χ2v) is 11.3. The van der Waals surface area contributed by atoms with E-state index in [1.165, 1.54) is 0 Å². The molecule has 7 heteroatoms. The summed E-state index contributed by atoms with van der Waals surface area (Å²) in [6, 6.07) is 26.2. The van der Waals surface area contributed by atoms with Crippen LogP contribution >= 0.6 is 0 Å². The van der Waals surface area contributed by atoms with Crippen molar-refractivity contribution in [3.8, 4) is 0 Å². The van der Waals surface area contributed by atoms with E-state index in [0.717, 1.165) is 16.7 Å². The molecule has 7 nitrogen and oxygen atoms in total. The van der Waals surface area contributed by atoms with Crippen LogP contribution in [0.5, 0.6) is 0 Å². The zero-order valence-corrected chi connectivity index (χ0v) is 23.5. The highest BCUT2D eigenvalue weighted by atomic mass is 16.5. The van der Waals surface area contributed by atoms with Gasteiger partial charge in [0.25, 0.3) is 0 Å². The number of likely N-dealkylation sites (N-methyl/N-ethyl adjacent to an activating group) is 1. The zero-order valence-electron chi connectivity index (χ0n) is 23.5. The minimum atomic E-state index is -1.02. The molecule has 4 rings (SSSR count). The number of hydrogen-bond acceptors (Lipinski definition) is 7. The average molecular weight is 544 g/mol. The Hall–Kier alpha value is -3.97. The molecule has 0 N–H and O–H groups in total. The Labute approximate surface area is 236 Å². The molecular weight excluding hydrogens is 506 g/mol. The summed E-state index contributed by atoms with van der Waals surface area (Å²) in [5.74, 6) is -3.13. The molecule has 3 aromatic rings. The molecular formula is C33H37NO6. The number of esters is 3. The molecule has 210 valence electrons. The van der Waals surface area contributed by atoms with Crippen molar-refractivity contribution in [3.05, 3.63) is 108 Å². The Morgan fingerprint density at radius 3 is 1.32 bits per heavy atom. The smallest absolute Gasteiger partial charge is 0.324 e. The molecule has 4 unspecified atom stereocenters. The van der Waals surface area contributed by atoms with E-state index >= 15 is 0 Å². The third-order valence-corrected chi connectivity index (χ3v) is 7.37. The fourth-order valence-electron chi connectivity index (χ4n) is 5.44. The summed E-state index contributed by atoms with van der Waals surface area (Å²) in [6.07, 6.45) is 0. The van der Waals surface area contributed by atoms with Gasteiger partial charge in [0.1, 0.15) is 31.9 Å². The van der Waals surface area contributed by atoms with Crippen LogP contribution in [0, 0.1) is 17.3 Å². The monoisotopic (exact) mass is 543 g/mol. The van der Waals surface area contributed by atoms with E-state index in [9.17, 15) is 14.4 Å². The van der Waals surface area contributed by atoms with Crippen molar-refractivity contribution in [2.45, 2.75) is 52.7 Å². The Bertz CT molecular complexity index is 1270. The first-order chi connectivity index (χ1) is 19.2. The number of carbonyl (C=O) groups is 3. The zero-order chi connectivity index (χ0) is 28.7. The van der Waals surface area contributed by atoms with Gasteiger partial charge in [-0.25, -0.2) is 0 Å². The molecule has 4 atom stereocenters. The minimum absolute atomic E-state index is 0.0547. The standard InChI is InChI=1S/C33H37NO6/c1-33(2,3)27-26(30(35)38-20-23-14-8-5-9-15-23)28(31(36)39-21-24-16-10-6-11-17-24)34(4)29(27)32(37)40-22-25-18-12-7-13-19-25/h5-19,26-29H,20-22H2,1-4H3. The molecule has 1 heterocycles. The fraction of sp³-hybridized carbons (Fsp3) is 0.364. The molecule has 0 bridgehead atoms. The molecule has 40 heavy (non-hydrogen) atoms. The van der Waals surface area contributed by atoms with Crippen LogP contribution < -0.4 is 0 Å². The first-order valence-corrected chi connectivity index (χ1v) is 13.5. The third kappa shape index (κ3) is 6.96. The van der Waals surface area contributed by atoms with Gasteiger partial charge in [-0.05, 0) is 29.2 Å². The molecule has 1 aliphatic rings. The number of benzene rings is 3. The summed E-state index contributed by atoms with van der Waals surface area (Å²) in [4.78, 5) is 42.6. The van der Waals surface area contributed by atoms with Crippen molar-refractivity contribution in [2.24, 2.45) is 17.3 Å². The Kier molecular flexibility index (Phi) is 9.38. The van der Waals surface area contributed by atoms with Crippen LogP contribution in [0.25, 0.3) is 0 Å². The van der Waals surface area contributed by atoms with Crippen LogP contribution in [0.1, 0.15) is 37.5 Å². The maximum Gasteiger partial charge on any atom is 0.324 e.